The molecule has 0 aromatic carbocycles. The summed E-state index contributed by atoms with van der Waals surface area (Å²) in [6, 6.07) is 3.78. The van der Waals surface area contributed by atoms with Gasteiger partial charge in [-0.2, -0.15) is 0 Å². The van der Waals surface area contributed by atoms with Gasteiger partial charge in [0.05, 0.1) is 0 Å². The molecule has 4 N–H and O–H groups in total. The Balaban J connectivity index is 0.00000264. The van der Waals surface area contributed by atoms with E-state index >= 15 is 0 Å². The second-order valence-corrected chi connectivity index (χ2v) is 5.94. The van der Waals surface area contributed by atoms with E-state index in [-0.39, 0.29) is 29.7 Å². The molecular formula is C16H27IN4O2. The number of rotatable bonds is 5. The Morgan fingerprint density at radius 2 is 2.22 bits per heavy atom. The maximum atomic E-state index is 11.0. The molecular weight excluding hydrogens is 407 g/mol. The molecule has 1 aromatic rings. The topological polar surface area (TPSA) is 92.6 Å². The third-order valence-electron chi connectivity index (χ3n) is 3.92. The van der Waals surface area contributed by atoms with Crippen molar-refractivity contribution >= 4 is 35.8 Å². The molecule has 7 heteroatoms. The van der Waals surface area contributed by atoms with Crippen LogP contribution in [0.5, 0.6) is 0 Å². The first-order valence-electron chi connectivity index (χ1n) is 8.01. The zero-order valence-corrected chi connectivity index (χ0v) is 16.1. The molecule has 130 valence electrons. The number of guanidine groups is 1. The van der Waals surface area contributed by atoms with Crippen LogP contribution in [0.25, 0.3) is 0 Å². The lowest BCUT2D eigenvalue weighted by Gasteiger charge is -2.28. The molecule has 1 saturated carbocycles. The molecule has 0 bridgehead atoms. The van der Waals surface area contributed by atoms with Crippen LogP contribution in [0, 0.1) is 5.92 Å². The highest BCUT2D eigenvalue weighted by Gasteiger charge is 2.19. The van der Waals surface area contributed by atoms with Gasteiger partial charge in [0.1, 0.15) is 12.3 Å². The van der Waals surface area contributed by atoms with Gasteiger partial charge in [-0.3, -0.25) is 4.79 Å². The van der Waals surface area contributed by atoms with E-state index in [1.165, 1.54) is 25.7 Å². The summed E-state index contributed by atoms with van der Waals surface area (Å²) in [5.74, 6) is 1.79. The molecule has 1 heterocycles. The number of nitrogens with one attached hydrogen (secondary N) is 2. The summed E-state index contributed by atoms with van der Waals surface area (Å²) in [5.41, 5.74) is 5.17. The van der Waals surface area contributed by atoms with Crippen LogP contribution in [-0.4, -0.2) is 24.5 Å². The van der Waals surface area contributed by atoms with Crippen molar-refractivity contribution < 1.29 is 9.21 Å². The van der Waals surface area contributed by atoms with E-state index in [2.05, 4.69) is 22.5 Å². The van der Waals surface area contributed by atoms with Gasteiger partial charge in [-0.1, -0.05) is 19.8 Å². The Kier molecular flexibility index (Phi) is 8.43. The van der Waals surface area contributed by atoms with Crippen LogP contribution >= 0.6 is 24.0 Å². The van der Waals surface area contributed by atoms with Crippen molar-refractivity contribution in [2.45, 2.75) is 52.1 Å². The van der Waals surface area contributed by atoms with E-state index in [0.29, 0.717) is 18.3 Å². The van der Waals surface area contributed by atoms with Gasteiger partial charge in [0.2, 0.25) is 0 Å². The van der Waals surface area contributed by atoms with Crippen molar-refractivity contribution in [1.82, 2.24) is 10.6 Å². The number of nitrogens with two attached hydrogens (primary N) is 1. The number of carbonyl (C=O) groups is 1. The minimum atomic E-state index is -0.559. The minimum absolute atomic E-state index is 0. The molecule has 6 nitrogen and oxygen atoms in total. The molecule has 0 spiro atoms. The third-order valence-corrected chi connectivity index (χ3v) is 3.92. The standard InChI is InChI=1S/C16H26N4O2.HI/c1-3-18-16(20-12-6-4-5-11(2)9-12)19-10-13-7-8-14(22-13)15(17)21;/h7-8,11-12H,3-6,9-10H2,1-2H3,(H2,17,21)(H2,18,19,20);1H. The van der Waals surface area contributed by atoms with Crippen LogP contribution in [0.15, 0.2) is 21.5 Å². The lowest BCUT2D eigenvalue weighted by Crippen LogP contribution is -2.45. The SMILES string of the molecule is CCNC(=NCc1ccc(C(N)=O)o1)NC1CCCC(C)C1.I. The molecule has 1 aliphatic rings. The summed E-state index contributed by atoms with van der Waals surface area (Å²) in [4.78, 5) is 15.5. The number of amides is 1. The fourth-order valence-electron chi connectivity index (χ4n) is 2.83. The number of halogens is 1. The number of primary amides is 1. The lowest BCUT2D eigenvalue weighted by atomic mass is 9.87. The first-order chi connectivity index (χ1) is 10.6. The molecule has 0 saturated heterocycles. The Morgan fingerprint density at radius 1 is 1.43 bits per heavy atom. The van der Waals surface area contributed by atoms with Gasteiger partial charge >= 0.3 is 0 Å². The van der Waals surface area contributed by atoms with Crippen molar-refractivity contribution in [3.05, 3.63) is 23.7 Å². The molecule has 2 atom stereocenters. The highest BCUT2D eigenvalue weighted by atomic mass is 127. The van der Waals surface area contributed by atoms with Crippen molar-refractivity contribution in [3.63, 3.8) is 0 Å². The average Bonchev–Trinajstić information content (AvgIpc) is 2.94. The largest absolute Gasteiger partial charge is 0.454 e. The number of carbonyl (C=O) groups excluding carboxylic acids is 1. The van der Waals surface area contributed by atoms with E-state index < -0.39 is 5.91 Å². The second kappa shape index (κ2) is 9.79. The van der Waals surface area contributed by atoms with Crippen LogP contribution in [0.3, 0.4) is 0 Å². The summed E-state index contributed by atoms with van der Waals surface area (Å²) in [6.45, 7) is 5.52. The molecule has 1 amide bonds. The van der Waals surface area contributed by atoms with Crippen molar-refractivity contribution in [1.29, 1.82) is 0 Å². The highest BCUT2D eigenvalue weighted by molar-refractivity contribution is 14.0. The second-order valence-electron chi connectivity index (χ2n) is 5.94. The molecule has 2 rings (SSSR count). The van der Waals surface area contributed by atoms with Crippen LogP contribution in [0.4, 0.5) is 0 Å². The summed E-state index contributed by atoms with van der Waals surface area (Å²) in [5, 5.41) is 6.74. The smallest absolute Gasteiger partial charge is 0.284 e. The minimum Gasteiger partial charge on any atom is -0.454 e. The molecule has 1 fully saturated rings. The van der Waals surface area contributed by atoms with Gasteiger partial charge in [0.25, 0.3) is 5.91 Å². The van der Waals surface area contributed by atoms with Crippen molar-refractivity contribution in [2.75, 3.05) is 6.54 Å². The Morgan fingerprint density at radius 3 is 2.83 bits per heavy atom. The first kappa shape index (κ1) is 19.8. The van der Waals surface area contributed by atoms with E-state index in [1.54, 1.807) is 12.1 Å². The number of nitrogens with zero attached hydrogens (tertiary/aromatic N) is 1. The molecule has 0 aliphatic heterocycles. The van der Waals surface area contributed by atoms with Crippen LogP contribution in [0.1, 0.15) is 55.8 Å². The van der Waals surface area contributed by atoms with Gasteiger partial charge in [-0.05, 0) is 37.8 Å². The zero-order chi connectivity index (χ0) is 15.9. The average molecular weight is 434 g/mol. The highest BCUT2D eigenvalue weighted by Crippen LogP contribution is 2.23. The van der Waals surface area contributed by atoms with Gasteiger partial charge in [-0.15, -0.1) is 24.0 Å². The summed E-state index contributed by atoms with van der Waals surface area (Å²) < 4.78 is 5.34. The number of furan rings is 1. The van der Waals surface area contributed by atoms with Gasteiger partial charge < -0.3 is 20.8 Å². The molecule has 1 aromatic heterocycles. The quantitative estimate of drug-likeness (QED) is 0.378. The van der Waals surface area contributed by atoms with Gasteiger partial charge in [0.15, 0.2) is 11.7 Å². The van der Waals surface area contributed by atoms with Crippen molar-refractivity contribution in [2.24, 2.45) is 16.6 Å². The predicted octanol–water partition coefficient (Wildman–Crippen LogP) is 2.63. The summed E-state index contributed by atoms with van der Waals surface area (Å²) in [7, 11) is 0. The fourth-order valence-corrected chi connectivity index (χ4v) is 2.83. The first-order valence-corrected chi connectivity index (χ1v) is 8.01. The van der Waals surface area contributed by atoms with Crippen LogP contribution in [-0.2, 0) is 6.54 Å². The maximum absolute atomic E-state index is 11.0. The maximum Gasteiger partial charge on any atom is 0.284 e. The monoisotopic (exact) mass is 434 g/mol. The Hall–Kier alpha value is -1.25. The normalized spacial score (nSPS) is 21.4. The predicted molar refractivity (Wildman–Crippen MR) is 102 cm³/mol. The molecule has 0 radical (unpaired) electrons. The van der Waals surface area contributed by atoms with E-state index in [4.69, 9.17) is 10.2 Å². The van der Waals surface area contributed by atoms with E-state index in [0.717, 1.165) is 18.4 Å². The van der Waals surface area contributed by atoms with Crippen molar-refractivity contribution in [3.8, 4) is 0 Å². The summed E-state index contributed by atoms with van der Waals surface area (Å²) in [6.07, 6.45) is 4.94. The van der Waals surface area contributed by atoms with Gasteiger partial charge in [-0.25, -0.2) is 4.99 Å². The van der Waals surface area contributed by atoms with Crippen LogP contribution < -0.4 is 16.4 Å². The fraction of sp³-hybridized carbons (Fsp3) is 0.625. The van der Waals surface area contributed by atoms with E-state index in [9.17, 15) is 4.79 Å². The number of aliphatic imine (C=N–C) groups is 1. The van der Waals surface area contributed by atoms with E-state index in [1.807, 2.05) is 6.92 Å². The van der Waals surface area contributed by atoms with Gasteiger partial charge in [0, 0.05) is 12.6 Å². The third kappa shape index (κ3) is 6.40. The number of hydrogen-bond acceptors (Lipinski definition) is 3. The zero-order valence-electron chi connectivity index (χ0n) is 13.8. The number of hydrogen-bond donors (Lipinski definition) is 3. The van der Waals surface area contributed by atoms with Crippen LogP contribution in [0.2, 0.25) is 0 Å². The summed E-state index contributed by atoms with van der Waals surface area (Å²) >= 11 is 0. The Labute approximate surface area is 154 Å². The molecule has 23 heavy (non-hydrogen) atoms. The lowest BCUT2D eigenvalue weighted by molar-refractivity contribution is 0.0972. The molecule has 2 unspecified atom stereocenters. The molecule has 1 aliphatic carbocycles. The Bertz CT molecular complexity index is 530.